The number of esters is 1. The molecule has 1 aromatic heterocycles. The number of piperidine rings is 2. The molecule has 0 radical (unpaired) electrons. The van der Waals surface area contributed by atoms with E-state index >= 15 is 0 Å². The zero-order valence-electron chi connectivity index (χ0n) is 23.7. The number of benzene rings is 1. The van der Waals surface area contributed by atoms with Gasteiger partial charge >= 0.3 is 18.2 Å². The van der Waals surface area contributed by atoms with Crippen LogP contribution in [0.25, 0.3) is 11.1 Å². The van der Waals surface area contributed by atoms with Crippen LogP contribution in [0.5, 0.6) is 0 Å². The smallest absolute Gasteiger partial charge is 0.416 e. The number of hydrogen-bond acceptors (Lipinski definition) is 6. The molecule has 3 amide bonds. The maximum atomic E-state index is 13.6. The van der Waals surface area contributed by atoms with Crippen molar-refractivity contribution in [2.45, 2.75) is 63.8 Å². The third-order valence-corrected chi connectivity index (χ3v) is 8.55. The molecule has 3 fully saturated rings. The summed E-state index contributed by atoms with van der Waals surface area (Å²) < 4.78 is 46.3. The summed E-state index contributed by atoms with van der Waals surface area (Å²) in [5.74, 6) is -1.14. The second kappa shape index (κ2) is 12.3. The highest BCUT2D eigenvalue weighted by Gasteiger charge is 2.34. The fourth-order valence-electron chi connectivity index (χ4n) is 6.16. The molecule has 5 rings (SSSR count). The van der Waals surface area contributed by atoms with E-state index < -0.39 is 29.8 Å². The number of alkyl halides is 3. The maximum Gasteiger partial charge on any atom is 0.416 e. The largest absolute Gasteiger partial charge is 0.457 e. The summed E-state index contributed by atoms with van der Waals surface area (Å²) in [6.45, 7) is 5.59. The first-order valence-corrected chi connectivity index (χ1v) is 14.5. The lowest BCUT2D eigenvalue weighted by Gasteiger charge is -2.36. The van der Waals surface area contributed by atoms with E-state index in [0.717, 1.165) is 38.1 Å². The van der Waals surface area contributed by atoms with Crippen molar-refractivity contribution in [3.05, 3.63) is 52.8 Å². The molecule has 0 aliphatic carbocycles. The lowest BCUT2D eigenvalue weighted by molar-refractivity contribution is -0.137. The predicted molar refractivity (Wildman–Crippen MR) is 149 cm³/mol. The third kappa shape index (κ3) is 6.53. The first kappa shape index (κ1) is 29.8. The van der Waals surface area contributed by atoms with Gasteiger partial charge in [0, 0.05) is 50.6 Å². The first-order valence-electron chi connectivity index (χ1n) is 14.5. The molecule has 0 bridgehead atoms. The highest BCUT2D eigenvalue weighted by Crippen LogP contribution is 2.34. The fourth-order valence-corrected chi connectivity index (χ4v) is 6.16. The fraction of sp³-hybridized carbons (Fsp3) is 0.533. The van der Waals surface area contributed by atoms with Crippen LogP contribution >= 0.6 is 0 Å². The molecule has 3 aliphatic heterocycles. The lowest BCUT2D eigenvalue weighted by Crippen LogP contribution is -2.46. The normalized spacial score (nSPS) is 19.2. The van der Waals surface area contributed by atoms with Gasteiger partial charge in [0.25, 0.3) is 5.91 Å². The van der Waals surface area contributed by atoms with E-state index in [1.54, 1.807) is 17.9 Å². The minimum absolute atomic E-state index is 0.0841. The number of ether oxygens (including phenoxy) is 1. The number of primary amides is 1. The first-order chi connectivity index (χ1) is 20.0. The molecule has 0 atom stereocenters. The molecular formula is C30H36F3N5O4. The van der Waals surface area contributed by atoms with Crippen molar-refractivity contribution >= 4 is 17.9 Å². The molecular weight excluding hydrogens is 551 g/mol. The number of pyridine rings is 1. The number of carbonyl (C=O) groups excluding carboxylic acids is 3. The number of nitrogens with two attached hydrogens (primary N) is 1. The number of aromatic nitrogens is 1. The van der Waals surface area contributed by atoms with Crippen LogP contribution in [0.1, 0.15) is 70.6 Å². The topological polar surface area (TPSA) is 109 Å². The van der Waals surface area contributed by atoms with E-state index in [4.69, 9.17) is 10.5 Å². The average molecular weight is 588 g/mol. The van der Waals surface area contributed by atoms with Crippen LogP contribution in [-0.2, 0) is 10.9 Å². The number of carbonyl (C=O) groups is 3. The number of nitrogens with zero attached hydrogens (tertiary/aromatic N) is 4. The molecule has 0 spiro atoms. The van der Waals surface area contributed by atoms with Crippen molar-refractivity contribution in [2.24, 2.45) is 5.73 Å². The molecule has 1 aromatic carbocycles. The van der Waals surface area contributed by atoms with Gasteiger partial charge in [-0.05, 0) is 75.0 Å². The Morgan fingerprint density at radius 3 is 2.17 bits per heavy atom. The Labute approximate surface area is 242 Å². The van der Waals surface area contributed by atoms with Gasteiger partial charge in [0.1, 0.15) is 11.8 Å². The Hall–Kier alpha value is -3.67. The molecule has 3 saturated heterocycles. The second-order valence-corrected chi connectivity index (χ2v) is 11.3. The summed E-state index contributed by atoms with van der Waals surface area (Å²) in [5, 5.41) is 0. The number of halogens is 3. The van der Waals surface area contributed by atoms with Gasteiger partial charge in [-0.25, -0.2) is 14.6 Å². The molecule has 3 aliphatic rings. The molecule has 0 unspecified atom stereocenters. The minimum atomic E-state index is -4.58. The molecule has 0 saturated carbocycles. The number of likely N-dealkylation sites (tertiary alicyclic amines) is 3. The van der Waals surface area contributed by atoms with Gasteiger partial charge in [-0.15, -0.1) is 0 Å². The van der Waals surface area contributed by atoms with Crippen LogP contribution in [0, 0.1) is 6.92 Å². The summed E-state index contributed by atoms with van der Waals surface area (Å²) in [5.41, 5.74) is 5.10. The SMILES string of the molecule is Cc1cc(-c2cccc(C(F)(F)F)c2)c(C(=O)OC2CCN(C(N)=O)CC2)nc1C(=O)N1CCC(N2CCCC2)CC1. The Morgan fingerprint density at radius 2 is 1.55 bits per heavy atom. The summed E-state index contributed by atoms with van der Waals surface area (Å²) in [4.78, 5) is 48.8. The number of rotatable bonds is 5. The van der Waals surface area contributed by atoms with E-state index in [9.17, 15) is 27.6 Å². The van der Waals surface area contributed by atoms with Crippen molar-refractivity contribution in [2.75, 3.05) is 39.3 Å². The monoisotopic (exact) mass is 587 g/mol. The van der Waals surface area contributed by atoms with Crippen LogP contribution in [0.15, 0.2) is 30.3 Å². The molecule has 2 aromatic rings. The Kier molecular flexibility index (Phi) is 8.72. The van der Waals surface area contributed by atoms with Gasteiger partial charge in [-0.2, -0.15) is 13.2 Å². The van der Waals surface area contributed by atoms with E-state index in [0.29, 0.717) is 50.6 Å². The van der Waals surface area contributed by atoms with Crippen LogP contribution in [0.3, 0.4) is 0 Å². The Bertz CT molecular complexity index is 1330. The molecule has 2 N–H and O–H groups in total. The number of hydrogen-bond donors (Lipinski definition) is 1. The van der Waals surface area contributed by atoms with Crippen molar-refractivity contribution in [1.29, 1.82) is 0 Å². The van der Waals surface area contributed by atoms with Gasteiger partial charge in [-0.1, -0.05) is 12.1 Å². The highest BCUT2D eigenvalue weighted by atomic mass is 19.4. The number of urea groups is 1. The molecule has 9 nitrogen and oxygen atoms in total. The zero-order chi connectivity index (χ0) is 30.0. The average Bonchev–Trinajstić information content (AvgIpc) is 3.52. The van der Waals surface area contributed by atoms with Crippen LogP contribution < -0.4 is 5.73 Å². The Morgan fingerprint density at radius 1 is 0.905 bits per heavy atom. The maximum absolute atomic E-state index is 13.6. The lowest BCUT2D eigenvalue weighted by atomic mass is 9.97. The standard InChI is InChI=1S/C30H36F3N5O4/c1-19-17-24(20-5-4-6-21(18-20)30(31,32)33)26(28(40)42-23-9-15-38(16-10-23)29(34)41)35-25(19)27(39)37-13-7-22(8-14-37)36-11-2-3-12-36/h4-6,17-18,22-23H,2-3,7-16H2,1H3,(H2,34,41). The summed E-state index contributed by atoms with van der Waals surface area (Å²) in [6.07, 6.45) is -0.293. The number of amides is 3. The van der Waals surface area contributed by atoms with Crippen molar-refractivity contribution in [3.8, 4) is 11.1 Å². The van der Waals surface area contributed by atoms with Crippen molar-refractivity contribution < 1.29 is 32.3 Å². The predicted octanol–water partition coefficient (Wildman–Crippen LogP) is 4.48. The van der Waals surface area contributed by atoms with E-state index in [2.05, 4.69) is 9.88 Å². The Balaban J connectivity index is 1.42. The van der Waals surface area contributed by atoms with Crippen LogP contribution in [0.2, 0.25) is 0 Å². The van der Waals surface area contributed by atoms with Crippen molar-refractivity contribution in [1.82, 2.24) is 19.7 Å². The summed E-state index contributed by atoms with van der Waals surface area (Å²) in [7, 11) is 0. The number of aryl methyl sites for hydroxylation is 1. The van der Waals surface area contributed by atoms with Crippen LogP contribution in [-0.4, -0.2) is 89.0 Å². The van der Waals surface area contributed by atoms with Gasteiger partial charge in [-0.3, -0.25) is 4.79 Å². The van der Waals surface area contributed by atoms with Gasteiger partial charge in [0.05, 0.1) is 5.56 Å². The molecule has 42 heavy (non-hydrogen) atoms. The van der Waals surface area contributed by atoms with Gasteiger partial charge in [0.15, 0.2) is 5.69 Å². The van der Waals surface area contributed by atoms with Gasteiger partial charge in [0.2, 0.25) is 0 Å². The quantitative estimate of drug-likeness (QED) is 0.517. The minimum Gasteiger partial charge on any atom is -0.457 e. The molecule has 226 valence electrons. The second-order valence-electron chi connectivity index (χ2n) is 11.3. The van der Waals surface area contributed by atoms with Crippen LogP contribution in [0.4, 0.5) is 18.0 Å². The molecule has 12 heteroatoms. The van der Waals surface area contributed by atoms with E-state index in [-0.39, 0.29) is 28.4 Å². The zero-order valence-corrected chi connectivity index (χ0v) is 23.7. The molecule has 4 heterocycles. The van der Waals surface area contributed by atoms with Crippen molar-refractivity contribution in [3.63, 3.8) is 0 Å². The summed E-state index contributed by atoms with van der Waals surface area (Å²) in [6, 6.07) is 6.09. The third-order valence-electron chi connectivity index (χ3n) is 8.55. The van der Waals surface area contributed by atoms with E-state index in [1.165, 1.54) is 29.9 Å². The van der Waals surface area contributed by atoms with E-state index in [1.807, 2.05) is 0 Å². The highest BCUT2D eigenvalue weighted by molar-refractivity contribution is 6.00. The summed E-state index contributed by atoms with van der Waals surface area (Å²) >= 11 is 0. The van der Waals surface area contributed by atoms with Gasteiger partial charge < -0.3 is 25.2 Å².